The molecule has 0 aliphatic carbocycles. The Labute approximate surface area is 148 Å². The number of rotatable bonds is 6. The summed E-state index contributed by atoms with van der Waals surface area (Å²) in [5, 5.41) is 13.9. The normalized spacial score (nSPS) is 11.6. The number of aromatic nitrogens is 1. The molecule has 1 aromatic carbocycles. The molecule has 0 saturated heterocycles. The first-order valence-corrected chi connectivity index (χ1v) is 7.70. The van der Waals surface area contributed by atoms with Gasteiger partial charge in [0.05, 0.1) is 11.1 Å². The van der Waals surface area contributed by atoms with Gasteiger partial charge in [-0.3, -0.25) is 14.9 Å². The molecular weight excluding hydrogens is 350 g/mol. The van der Waals surface area contributed by atoms with E-state index in [0.29, 0.717) is 5.02 Å². The molecule has 1 amide bonds. The monoisotopic (exact) mass is 365 g/mol. The largest absolute Gasteiger partial charge is 0.448 e. The van der Waals surface area contributed by atoms with Gasteiger partial charge in [-0.05, 0) is 18.6 Å². The molecule has 0 radical (unpaired) electrons. The van der Waals surface area contributed by atoms with Crippen molar-refractivity contribution in [3.05, 3.63) is 62.9 Å². The van der Waals surface area contributed by atoms with E-state index in [1.54, 1.807) is 24.3 Å². The molecule has 8 nitrogen and oxygen atoms in total. The Hall–Kier alpha value is -2.87. The Bertz CT molecular complexity index is 818. The molecule has 1 heterocycles. The number of esters is 1. The highest BCUT2D eigenvalue weighted by molar-refractivity contribution is 6.31. The van der Waals surface area contributed by atoms with Crippen molar-refractivity contribution in [1.82, 2.24) is 9.88 Å². The first kappa shape index (κ1) is 18.5. The lowest BCUT2D eigenvalue weighted by Crippen LogP contribution is -2.35. The Morgan fingerprint density at radius 1 is 1.40 bits per heavy atom. The van der Waals surface area contributed by atoms with Crippen LogP contribution >= 0.6 is 11.6 Å². The summed E-state index contributed by atoms with van der Waals surface area (Å²) in [6, 6.07) is 8.13. The van der Waals surface area contributed by atoms with Crippen LogP contribution < -0.4 is 5.32 Å². The first-order chi connectivity index (χ1) is 11.8. The van der Waals surface area contributed by atoms with Crippen LogP contribution in [0.1, 0.15) is 23.0 Å². The number of benzene rings is 1. The molecule has 2 rings (SSSR count). The maximum atomic E-state index is 12.1. The highest BCUT2D eigenvalue weighted by Gasteiger charge is 2.23. The Kier molecular flexibility index (Phi) is 5.76. The maximum Gasteiger partial charge on any atom is 0.355 e. The summed E-state index contributed by atoms with van der Waals surface area (Å²) < 4.78 is 6.34. The Balaban J connectivity index is 1.95. The Morgan fingerprint density at radius 3 is 2.68 bits per heavy atom. The van der Waals surface area contributed by atoms with E-state index in [1.165, 1.54) is 24.7 Å². The molecule has 1 aromatic heterocycles. The zero-order valence-corrected chi connectivity index (χ0v) is 14.3. The summed E-state index contributed by atoms with van der Waals surface area (Å²) in [7, 11) is 1.48. The smallest absolute Gasteiger partial charge is 0.355 e. The minimum atomic E-state index is -1.07. The zero-order valence-electron chi connectivity index (χ0n) is 13.6. The zero-order chi connectivity index (χ0) is 18.6. The van der Waals surface area contributed by atoms with E-state index in [2.05, 4.69) is 5.32 Å². The van der Waals surface area contributed by atoms with Crippen molar-refractivity contribution in [2.75, 3.05) is 0 Å². The number of nitrogens with one attached hydrogen (secondary N) is 1. The lowest BCUT2D eigenvalue weighted by atomic mass is 10.2. The lowest BCUT2D eigenvalue weighted by molar-refractivity contribution is -0.384. The summed E-state index contributed by atoms with van der Waals surface area (Å²) in [5.41, 5.74) is 0.483. The van der Waals surface area contributed by atoms with Crippen LogP contribution in [-0.4, -0.2) is 27.5 Å². The third-order valence-corrected chi connectivity index (χ3v) is 3.84. The Morgan fingerprint density at radius 2 is 2.08 bits per heavy atom. The fraction of sp³-hybridized carbons (Fsp3) is 0.250. The fourth-order valence-corrected chi connectivity index (χ4v) is 2.29. The molecule has 0 fully saturated rings. The van der Waals surface area contributed by atoms with E-state index >= 15 is 0 Å². The molecule has 1 atom stereocenters. The van der Waals surface area contributed by atoms with E-state index in [1.807, 2.05) is 0 Å². The standard InChI is InChI=1S/C16H16ClN3O5/c1-10(15(21)18-8-11-5-3-4-6-13(11)17)25-16(22)14-7-12(20(23)24)9-19(14)2/h3-7,9-10H,8H2,1-2H3,(H,18,21). The molecule has 132 valence electrons. The van der Waals surface area contributed by atoms with E-state index in [-0.39, 0.29) is 17.9 Å². The number of carbonyl (C=O) groups is 2. The molecule has 0 spiro atoms. The van der Waals surface area contributed by atoms with E-state index in [0.717, 1.165) is 11.6 Å². The van der Waals surface area contributed by atoms with Gasteiger partial charge in [0.1, 0.15) is 5.69 Å². The van der Waals surface area contributed by atoms with E-state index in [9.17, 15) is 19.7 Å². The van der Waals surface area contributed by atoms with Crippen molar-refractivity contribution < 1.29 is 19.2 Å². The number of nitro groups is 1. The van der Waals surface area contributed by atoms with Crippen LogP contribution in [-0.2, 0) is 23.1 Å². The lowest BCUT2D eigenvalue weighted by Gasteiger charge is -2.14. The van der Waals surface area contributed by atoms with E-state index in [4.69, 9.17) is 16.3 Å². The summed E-state index contributed by atoms with van der Waals surface area (Å²) in [6.45, 7) is 1.60. The van der Waals surface area contributed by atoms with Gasteiger partial charge in [-0.1, -0.05) is 29.8 Å². The number of aryl methyl sites for hydroxylation is 1. The summed E-state index contributed by atoms with van der Waals surface area (Å²) in [5.74, 6) is -1.33. The quantitative estimate of drug-likeness (QED) is 0.481. The molecule has 1 N–H and O–H groups in total. The molecular formula is C16H16ClN3O5. The molecule has 25 heavy (non-hydrogen) atoms. The van der Waals surface area contributed by atoms with E-state index < -0.39 is 22.9 Å². The average molecular weight is 366 g/mol. The van der Waals surface area contributed by atoms with Crippen LogP contribution in [0, 0.1) is 10.1 Å². The van der Waals surface area contributed by atoms with Gasteiger partial charge < -0.3 is 14.6 Å². The minimum absolute atomic E-state index is 0.0162. The minimum Gasteiger partial charge on any atom is -0.448 e. The topological polar surface area (TPSA) is 103 Å². The van der Waals surface area contributed by atoms with Gasteiger partial charge in [0.25, 0.3) is 11.6 Å². The van der Waals surface area contributed by atoms with Gasteiger partial charge in [0.2, 0.25) is 0 Å². The predicted octanol–water partition coefficient (Wildman–Crippen LogP) is 2.45. The van der Waals surface area contributed by atoms with Crippen molar-refractivity contribution in [2.24, 2.45) is 7.05 Å². The highest BCUT2D eigenvalue weighted by Crippen LogP contribution is 2.17. The fourth-order valence-electron chi connectivity index (χ4n) is 2.09. The van der Waals surface area contributed by atoms with Gasteiger partial charge in [0.15, 0.2) is 6.10 Å². The second kappa shape index (κ2) is 7.80. The number of ether oxygens (including phenoxy) is 1. The summed E-state index contributed by atoms with van der Waals surface area (Å²) >= 11 is 6.00. The third kappa shape index (κ3) is 4.57. The number of amides is 1. The number of nitrogens with zero attached hydrogens (tertiary/aromatic N) is 2. The number of halogens is 1. The molecule has 1 unspecified atom stereocenters. The molecule has 0 bridgehead atoms. The molecule has 9 heteroatoms. The van der Waals surface area contributed by atoms with Crippen LogP contribution in [0.15, 0.2) is 36.5 Å². The average Bonchev–Trinajstić information content (AvgIpc) is 2.96. The second-order valence-electron chi connectivity index (χ2n) is 5.31. The van der Waals surface area contributed by atoms with Crippen LogP contribution in [0.25, 0.3) is 0 Å². The first-order valence-electron chi connectivity index (χ1n) is 7.32. The van der Waals surface area contributed by atoms with Crippen LogP contribution in [0.4, 0.5) is 5.69 Å². The van der Waals surface area contributed by atoms with Gasteiger partial charge in [-0.25, -0.2) is 4.79 Å². The summed E-state index contributed by atoms with van der Waals surface area (Å²) in [6.07, 6.45) is 0.127. The maximum absolute atomic E-state index is 12.1. The van der Waals surface area contributed by atoms with Crippen LogP contribution in [0.5, 0.6) is 0 Å². The molecule has 2 aromatic rings. The summed E-state index contributed by atoms with van der Waals surface area (Å²) in [4.78, 5) is 34.2. The van der Waals surface area contributed by atoms with Crippen LogP contribution in [0.2, 0.25) is 5.02 Å². The van der Waals surface area contributed by atoms with Crippen LogP contribution in [0.3, 0.4) is 0 Å². The van der Waals surface area contributed by atoms with Crippen molar-refractivity contribution in [3.8, 4) is 0 Å². The SMILES string of the molecule is CC(OC(=O)c1cc([N+](=O)[O-])cn1C)C(=O)NCc1ccccc1Cl. The molecule has 0 aliphatic rings. The van der Waals surface area contributed by atoms with Gasteiger partial charge in [0, 0.05) is 24.7 Å². The second-order valence-corrected chi connectivity index (χ2v) is 5.72. The highest BCUT2D eigenvalue weighted by atomic mass is 35.5. The number of hydrogen-bond acceptors (Lipinski definition) is 5. The van der Waals surface area contributed by atoms with Crippen molar-refractivity contribution in [3.63, 3.8) is 0 Å². The van der Waals surface area contributed by atoms with Gasteiger partial charge >= 0.3 is 5.97 Å². The van der Waals surface area contributed by atoms with Crippen molar-refractivity contribution in [2.45, 2.75) is 19.6 Å². The van der Waals surface area contributed by atoms with Crippen molar-refractivity contribution >= 4 is 29.2 Å². The third-order valence-electron chi connectivity index (χ3n) is 3.47. The van der Waals surface area contributed by atoms with Gasteiger partial charge in [-0.15, -0.1) is 0 Å². The number of hydrogen-bond donors (Lipinski definition) is 1. The number of carbonyl (C=O) groups excluding carboxylic acids is 2. The van der Waals surface area contributed by atoms with Crippen molar-refractivity contribution in [1.29, 1.82) is 0 Å². The molecule has 0 saturated carbocycles. The predicted molar refractivity (Wildman–Crippen MR) is 90.2 cm³/mol. The molecule has 0 aliphatic heterocycles. The van der Waals surface area contributed by atoms with Gasteiger partial charge in [-0.2, -0.15) is 0 Å².